The van der Waals surface area contributed by atoms with Crippen LogP contribution in [0.4, 0.5) is 0 Å². The molecule has 1 fully saturated rings. The summed E-state index contributed by atoms with van der Waals surface area (Å²) in [6.45, 7) is 6.56. The molecule has 0 saturated carbocycles. The smallest absolute Gasteiger partial charge is 0.119 e. The summed E-state index contributed by atoms with van der Waals surface area (Å²) in [5.74, 6) is 2.68. The molecule has 0 aromatic heterocycles. The molecule has 0 radical (unpaired) electrons. The maximum Gasteiger partial charge on any atom is 0.119 e. The van der Waals surface area contributed by atoms with E-state index in [1.807, 2.05) is 24.3 Å². The second-order valence-corrected chi connectivity index (χ2v) is 5.05. The van der Waals surface area contributed by atoms with Gasteiger partial charge in [-0.15, -0.1) is 0 Å². The standard InChI is InChI=1S/C15H23NO2/c1-13-7-9-16(10-8-13)11-12-18-15-5-3-14(17-2)4-6-15/h3-6,13H,7-12H2,1-2H3. The zero-order chi connectivity index (χ0) is 12.8. The lowest BCUT2D eigenvalue weighted by molar-refractivity contribution is 0.160. The molecule has 1 aromatic carbocycles. The molecular weight excluding hydrogens is 226 g/mol. The fourth-order valence-electron chi connectivity index (χ4n) is 2.25. The van der Waals surface area contributed by atoms with E-state index in [1.54, 1.807) is 7.11 Å². The first-order chi connectivity index (χ1) is 8.78. The van der Waals surface area contributed by atoms with Crippen molar-refractivity contribution >= 4 is 0 Å². The summed E-state index contributed by atoms with van der Waals surface area (Å²) in [6.07, 6.45) is 2.64. The van der Waals surface area contributed by atoms with Gasteiger partial charge in [0.1, 0.15) is 18.1 Å². The number of benzene rings is 1. The molecule has 1 aliphatic heterocycles. The van der Waals surface area contributed by atoms with Gasteiger partial charge in [-0.3, -0.25) is 4.90 Å². The lowest BCUT2D eigenvalue weighted by atomic mass is 9.99. The molecule has 18 heavy (non-hydrogen) atoms. The number of ether oxygens (including phenoxy) is 2. The molecule has 0 N–H and O–H groups in total. The van der Waals surface area contributed by atoms with Gasteiger partial charge < -0.3 is 9.47 Å². The van der Waals surface area contributed by atoms with Crippen molar-refractivity contribution in [1.29, 1.82) is 0 Å². The summed E-state index contributed by atoms with van der Waals surface area (Å²) in [5, 5.41) is 0. The number of hydrogen-bond acceptors (Lipinski definition) is 3. The van der Waals surface area contributed by atoms with Crippen LogP contribution in [0.2, 0.25) is 0 Å². The maximum absolute atomic E-state index is 5.74. The van der Waals surface area contributed by atoms with Gasteiger partial charge in [-0.05, 0) is 56.1 Å². The summed E-state index contributed by atoms with van der Waals surface area (Å²) in [7, 11) is 1.67. The van der Waals surface area contributed by atoms with E-state index in [0.717, 1.165) is 30.6 Å². The highest BCUT2D eigenvalue weighted by Gasteiger charge is 2.14. The minimum atomic E-state index is 0.765. The third-order valence-corrected chi connectivity index (χ3v) is 3.61. The normalized spacial score (nSPS) is 17.7. The monoisotopic (exact) mass is 249 g/mol. The van der Waals surface area contributed by atoms with Crippen molar-refractivity contribution in [2.24, 2.45) is 5.92 Å². The number of methoxy groups -OCH3 is 1. The summed E-state index contributed by atoms with van der Waals surface area (Å²) >= 11 is 0. The van der Waals surface area contributed by atoms with Crippen molar-refractivity contribution in [1.82, 2.24) is 4.90 Å². The molecule has 1 saturated heterocycles. The van der Waals surface area contributed by atoms with Gasteiger partial charge in [0.25, 0.3) is 0 Å². The van der Waals surface area contributed by atoms with Crippen LogP contribution >= 0.6 is 0 Å². The van der Waals surface area contributed by atoms with E-state index in [1.165, 1.54) is 25.9 Å². The first kappa shape index (κ1) is 13.2. The molecule has 1 aromatic rings. The second-order valence-electron chi connectivity index (χ2n) is 5.05. The quantitative estimate of drug-likeness (QED) is 0.801. The van der Waals surface area contributed by atoms with Gasteiger partial charge in [0.05, 0.1) is 7.11 Å². The lowest BCUT2D eigenvalue weighted by Gasteiger charge is -2.29. The lowest BCUT2D eigenvalue weighted by Crippen LogP contribution is -2.35. The molecule has 0 unspecified atom stereocenters. The molecule has 2 rings (SSSR count). The summed E-state index contributed by atoms with van der Waals surface area (Å²) in [6, 6.07) is 7.77. The number of hydrogen-bond donors (Lipinski definition) is 0. The van der Waals surface area contributed by atoms with Crippen LogP contribution in [0.25, 0.3) is 0 Å². The average molecular weight is 249 g/mol. The Morgan fingerprint density at radius 2 is 1.72 bits per heavy atom. The summed E-state index contributed by atoms with van der Waals surface area (Å²) in [4.78, 5) is 2.49. The van der Waals surface area contributed by atoms with E-state index in [-0.39, 0.29) is 0 Å². The van der Waals surface area contributed by atoms with Crippen LogP contribution < -0.4 is 9.47 Å². The number of rotatable bonds is 5. The Bertz CT molecular complexity index is 342. The predicted molar refractivity (Wildman–Crippen MR) is 73.3 cm³/mol. The van der Waals surface area contributed by atoms with Gasteiger partial charge in [0, 0.05) is 6.54 Å². The molecule has 100 valence electrons. The Kier molecular flexibility index (Phi) is 4.88. The van der Waals surface area contributed by atoms with Crippen LogP contribution in [0.5, 0.6) is 11.5 Å². The minimum Gasteiger partial charge on any atom is -0.497 e. The Labute approximate surface area is 110 Å². The van der Waals surface area contributed by atoms with Gasteiger partial charge in [-0.1, -0.05) is 6.92 Å². The highest BCUT2D eigenvalue weighted by molar-refractivity contribution is 5.31. The molecule has 0 aliphatic carbocycles. The molecule has 3 heteroatoms. The zero-order valence-corrected chi connectivity index (χ0v) is 11.4. The molecular formula is C15H23NO2. The molecule has 0 amide bonds. The molecule has 0 spiro atoms. The predicted octanol–water partition coefficient (Wildman–Crippen LogP) is 2.81. The molecule has 0 bridgehead atoms. The van der Waals surface area contributed by atoms with Crippen molar-refractivity contribution in [3.8, 4) is 11.5 Å². The number of piperidine rings is 1. The van der Waals surface area contributed by atoms with Crippen LogP contribution in [-0.2, 0) is 0 Å². The number of nitrogens with zero attached hydrogens (tertiary/aromatic N) is 1. The minimum absolute atomic E-state index is 0.765. The van der Waals surface area contributed by atoms with Gasteiger partial charge in [-0.2, -0.15) is 0 Å². The van der Waals surface area contributed by atoms with Gasteiger partial charge >= 0.3 is 0 Å². The van der Waals surface area contributed by atoms with Crippen molar-refractivity contribution in [3.63, 3.8) is 0 Å². The van der Waals surface area contributed by atoms with Gasteiger partial charge in [0.2, 0.25) is 0 Å². The Balaban J connectivity index is 1.68. The molecule has 1 aliphatic rings. The van der Waals surface area contributed by atoms with Crippen LogP contribution in [0.1, 0.15) is 19.8 Å². The van der Waals surface area contributed by atoms with Crippen LogP contribution in [0.15, 0.2) is 24.3 Å². The van der Waals surface area contributed by atoms with E-state index in [9.17, 15) is 0 Å². The van der Waals surface area contributed by atoms with Crippen LogP contribution in [-0.4, -0.2) is 38.3 Å². The fourth-order valence-corrected chi connectivity index (χ4v) is 2.25. The van der Waals surface area contributed by atoms with E-state index in [4.69, 9.17) is 9.47 Å². The molecule has 3 nitrogen and oxygen atoms in total. The van der Waals surface area contributed by atoms with E-state index >= 15 is 0 Å². The molecule has 0 atom stereocenters. The van der Waals surface area contributed by atoms with Gasteiger partial charge in [0.15, 0.2) is 0 Å². The Morgan fingerprint density at radius 1 is 1.11 bits per heavy atom. The van der Waals surface area contributed by atoms with E-state index in [0.29, 0.717) is 0 Å². The third-order valence-electron chi connectivity index (χ3n) is 3.61. The van der Waals surface area contributed by atoms with Crippen LogP contribution in [0, 0.1) is 5.92 Å². The van der Waals surface area contributed by atoms with Crippen LogP contribution in [0.3, 0.4) is 0 Å². The fraction of sp³-hybridized carbons (Fsp3) is 0.600. The zero-order valence-electron chi connectivity index (χ0n) is 11.4. The highest BCUT2D eigenvalue weighted by Crippen LogP contribution is 2.18. The second kappa shape index (κ2) is 6.64. The largest absolute Gasteiger partial charge is 0.497 e. The topological polar surface area (TPSA) is 21.7 Å². The Morgan fingerprint density at radius 3 is 2.33 bits per heavy atom. The summed E-state index contributed by atoms with van der Waals surface area (Å²) in [5.41, 5.74) is 0. The van der Waals surface area contributed by atoms with Gasteiger partial charge in [-0.25, -0.2) is 0 Å². The highest BCUT2D eigenvalue weighted by atomic mass is 16.5. The average Bonchev–Trinajstić information content (AvgIpc) is 2.42. The Hall–Kier alpha value is -1.22. The number of likely N-dealkylation sites (tertiary alicyclic amines) is 1. The first-order valence-corrected chi connectivity index (χ1v) is 6.77. The molecule has 1 heterocycles. The van der Waals surface area contributed by atoms with Crippen molar-refractivity contribution < 1.29 is 9.47 Å². The third kappa shape index (κ3) is 3.91. The maximum atomic E-state index is 5.74. The summed E-state index contributed by atoms with van der Waals surface area (Å²) < 4.78 is 10.9. The van der Waals surface area contributed by atoms with Crippen molar-refractivity contribution in [2.45, 2.75) is 19.8 Å². The van der Waals surface area contributed by atoms with E-state index < -0.39 is 0 Å². The van der Waals surface area contributed by atoms with Crippen molar-refractivity contribution in [2.75, 3.05) is 33.4 Å². The SMILES string of the molecule is COc1ccc(OCCN2CCC(C)CC2)cc1. The van der Waals surface area contributed by atoms with E-state index in [2.05, 4.69) is 11.8 Å². The van der Waals surface area contributed by atoms with Crippen molar-refractivity contribution in [3.05, 3.63) is 24.3 Å². The first-order valence-electron chi connectivity index (χ1n) is 6.77.